The zero-order valence-corrected chi connectivity index (χ0v) is 7.81. The van der Waals surface area contributed by atoms with Crippen LogP contribution in [0.15, 0.2) is 41.8 Å². The van der Waals surface area contributed by atoms with Crippen molar-refractivity contribution < 1.29 is 0 Å². The van der Waals surface area contributed by atoms with E-state index in [1.165, 1.54) is 22.6 Å². The lowest BCUT2D eigenvalue weighted by Crippen LogP contribution is -2.10. The predicted octanol–water partition coefficient (Wildman–Crippen LogP) is 3.14. The molecule has 1 heterocycles. The van der Waals surface area contributed by atoms with Crippen LogP contribution in [-0.4, -0.2) is 5.75 Å². The van der Waals surface area contributed by atoms with E-state index in [-0.39, 0.29) is 0 Å². The van der Waals surface area contributed by atoms with E-state index in [2.05, 4.69) is 36.9 Å². The average Bonchev–Trinajstić information content (AvgIpc) is 2.17. The fourth-order valence-corrected chi connectivity index (χ4v) is 2.66. The van der Waals surface area contributed by atoms with Crippen molar-refractivity contribution in [2.45, 2.75) is 11.3 Å². The quantitative estimate of drug-likeness (QED) is 0.592. The predicted molar refractivity (Wildman–Crippen MR) is 54.6 cm³/mol. The molecule has 0 bridgehead atoms. The Bertz CT molecular complexity index is 291. The summed E-state index contributed by atoms with van der Waals surface area (Å²) in [6.45, 7) is 3.84. The van der Waals surface area contributed by atoms with Gasteiger partial charge in [-0.25, -0.2) is 0 Å². The van der Waals surface area contributed by atoms with Gasteiger partial charge in [-0.2, -0.15) is 0 Å². The highest BCUT2D eigenvalue weighted by molar-refractivity contribution is 7.99. The maximum Gasteiger partial charge on any atom is 0.0104 e. The molecule has 1 heteroatoms. The third-order valence-corrected chi connectivity index (χ3v) is 3.55. The Morgan fingerprint density at radius 3 is 3.08 bits per heavy atom. The van der Waals surface area contributed by atoms with Crippen molar-refractivity contribution in [1.82, 2.24) is 0 Å². The molecule has 1 aliphatic rings. The molecule has 0 amide bonds. The molecule has 2 rings (SSSR count). The van der Waals surface area contributed by atoms with E-state index >= 15 is 0 Å². The normalized spacial score (nSPS) is 21.5. The van der Waals surface area contributed by atoms with Gasteiger partial charge in [0.15, 0.2) is 0 Å². The van der Waals surface area contributed by atoms with Gasteiger partial charge in [0.05, 0.1) is 0 Å². The summed E-state index contributed by atoms with van der Waals surface area (Å²) < 4.78 is 0. The topological polar surface area (TPSA) is 0 Å². The van der Waals surface area contributed by atoms with Gasteiger partial charge in [0, 0.05) is 10.6 Å². The molecule has 0 saturated heterocycles. The lowest BCUT2D eigenvalue weighted by molar-refractivity contribution is 0.714. The van der Waals surface area contributed by atoms with Gasteiger partial charge in [-0.1, -0.05) is 24.3 Å². The number of hydrogen-bond donors (Lipinski definition) is 0. The van der Waals surface area contributed by atoms with Gasteiger partial charge < -0.3 is 0 Å². The van der Waals surface area contributed by atoms with E-state index in [1.54, 1.807) is 0 Å². The van der Waals surface area contributed by atoms with Crippen molar-refractivity contribution in [3.63, 3.8) is 0 Å². The van der Waals surface area contributed by atoms with Crippen molar-refractivity contribution in [3.05, 3.63) is 42.5 Å². The van der Waals surface area contributed by atoms with Gasteiger partial charge in [0.25, 0.3) is 0 Å². The molecule has 1 atom stereocenters. The van der Waals surface area contributed by atoms with Crippen molar-refractivity contribution in [3.8, 4) is 0 Å². The van der Waals surface area contributed by atoms with Gasteiger partial charge in [0.1, 0.15) is 0 Å². The van der Waals surface area contributed by atoms with Gasteiger partial charge in [0.2, 0.25) is 0 Å². The molecular formula is C11H12S. The van der Waals surface area contributed by atoms with E-state index in [0.29, 0.717) is 5.92 Å². The van der Waals surface area contributed by atoms with E-state index in [1.807, 2.05) is 11.8 Å². The molecule has 1 aromatic rings. The van der Waals surface area contributed by atoms with Crippen molar-refractivity contribution in [2.24, 2.45) is 5.92 Å². The second-order valence-corrected chi connectivity index (χ2v) is 4.18. The van der Waals surface area contributed by atoms with Crippen LogP contribution >= 0.6 is 11.8 Å². The SMILES string of the molecule is C=CC1CSc2ccccc2C1. The summed E-state index contributed by atoms with van der Waals surface area (Å²) in [5.41, 5.74) is 1.48. The minimum absolute atomic E-state index is 0.671. The molecule has 0 spiro atoms. The summed E-state index contributed by atoms with van der Waals surface area (Å²) in [4.78, 5) is 1.45. The lowest BCUT2D eigenvalue weighted by Gasteiger charge is -2.20. The van der Waals surface area contributed by atoms with Crippen LogP contribution in [-0.2, 0) is 6.42 Å². The number of thioether (sulfide) groups is 1. The Balaban J connectivity index is 2.28. The van der Waals surface area contributed by atoms with Crippen LogP contribution < -0.4 is 0 Å². The molecule has 0 nitrogen and oxygen atoms in total. The highest BCUT2D eigenvalue weighted by atomic mass is 32.2. The standard InChI is InChI=1S/C11H12S/c1-2-9-7-10-5-3-4-6-11(10)12-8-9/h2-6,9H,1,7-8H2. The first-order valence-corrected chi connectivity index (χ1v) is 5.22. The van der Waals surface area contributed by atoms with Crippen molar-refractivity contribution in [1.29, 1.82) is 0 Å². The second kappa shape index (κ2) is 3.36. The van der Waals surface area contributed by atoms with Crippen LogP contribution in [0, 0.1) is 5.92 Å². The van der Waals surface area contributed by atoms with Crippen LogP contribution in [0.2, 0.25) is 0 Å². The zero-order chi connectivity index (χ0) is 8.39. The van der Waals surface area contributed by atoms with Gasteiger partial charge >= 0.3 is 0 Å². The maximum absolute atomic E-state index is 3.84. The molecule has 62 valence electrons. The van der Waals surface area contributed by atoms with Crippen LogP contribution in [0.25, 0.3) is 0 Å². The minimum atomic E-state index is 0.671. The lowest BCUT2D eigenvalue weighted by atomic mass is 10.0. The number of hydrogen-bond acceptors (Lipinski definition) is 1. The highest BCUT2D eigenvalue weighted by Crippen LogP contribution is 2.32. The van der Waals surface area contributed by atoms with Crippen LogP contribution in [0.1, 0.15) is 5.56 Å². The molecule has 0 aliphatic carbocycles. The summed E-state index contributed by atoms with van der Waals surface area (Å²) in [7, 11) is 0. The van der Waals surface area contributed by atoms with Crippen LogP contribution in [0.5, 0.6) is 0 Å². The highest BCUT2D eigenvalue weighted by Gasteiger charge is 2.15. The van der Waals surface area contributed by atoms with Gasteiger partial charge in [-0.15, -0.1) is 18.3 Å². The molecule has 1 aliphatic heterocycles. The Kier molecular flexibility index (Phi) is 2.22. The van der Waals surface area contributed by atoms with Gasteiger partial charge in [-0.3, -0.25) is 0 Å². The summed E-state index contributed by atoms with van der Waals surface area (Å²) >= 11 is 1.95. The Morgan fingerprint density at radius 2 is 2.25 bits per heavy atom. The van der Waals surface area contributed by atoms with Crippen LogP contribution in [0.3, 0.4) is 0 Å². The monoisotopic (exact) mass is 176 g/mol. The summed E-state index contributed by atoms with van der Waals surface area (Å²) in [6, 6.07) is 8.65. The molecule has 0 aromatic heterocycles. The third-order valence-electron chi connectivity index (χ3n) is 2.24. The van der Waals surface area contributed by atoms with E-state index < -0.39 is 0 Å². The number of benzene rings is 1. The first-order valence-electron chi connectivity index (χ1n) is 4.23. The summed E-state index contributed by atoms with van der Waals surface area (Å²) in [6.07, 6.45) is 3.25. The zero-order valence-electron chi connectivity index (χ0n) is 6.99. The fraction of sp³-hybridized carbons (Fsp3) is 0.273. The van der Waals surface area contributed by atoms with Crippen molar-refractivity contribution >= 4 is 11.8 Å². The third kappa shape index (κ3) is 1.42. The van der Waals surface area contributed by atoms with E-state index in [9.17, 15) is 0 Å². The smallest absolute Gasteiger partial charge is 0.0104 e. The number of allylic oxidation sites excluding steroid dienone is 1. The number of rotatable bonds is 1. The first-order chi connectivity index (χ1) is 5.90. The molecule has 1 aromatic carbocycles. The number of fused-ring (bicyclic) bond motifs is 1. The van der Waals surface area contributed by atoms with Gasteiger partial charge in [-0.05, 0) is 24.0 Å². The molecule has 1 unspecified atom stereocenters. The largest absolute Gasteiger partial charge is 0.125 e. The Morgan fingerprint density at radius 1 is 1.42 bits per heavy atom. The minimum Gasteiger partial charge on any atom is -0.125 e. The molecule has 12 heavy (non-hydrogen) atoms. The van der Waals surface area contributed by atoms with E-state index in [0.717, 1.165) is 0 Å². The summed E-state index contributed by atoms with van der Waals surface area (Å²) in [5.74, 6) is 1.87. The Hall–Kier alpha value is -0.690. The maximum atomic E-state index is 3.84. The summed E-state index contributed by atoms with van der Waals surface area (Å²) in [5, 5.41) is 0. The first kappa shape index (κ1) is 7.93. The van der Waals surface area contributed by atoms with Crippen molar-refractivity contribution in [2.75, 3.05) is 5.75 Å². The second-order valence-electron chi connectivity index (χ2n) is 3.12. The Labute approximate surface area is 77.7 Å². The van der Waals surface area contributed by atoms with E-state index in [4.69, 9.17) is 0 Å². The molecule has 0 saturated carbocycles. The molecular weight excluding hydrogens is 164 g/mol. The molecule has 0 fully saturated rings. The molecule has 0 N–H and O–H groups in total. The average molecular weight is 176 g/mol. The fourth-order valence-electron chi connectivity index (χ4n) is 1.50. The molecule has 0 radical (unpaired) electrons. The van der Waals surface area contributed by atoms with Crippen LogP contribution in [0.4, 0.5) is 0 Å².